The van der Waals surface area contributed by atoms with Crippen LogP contribution >= 0.6 is 39.1 Å². The van der Waals surface area contributed by atoms with Crippen molar-refractivity contribution in [3.8, 4) is 5.75 Å². The molecule has 0 atom stereocenters. The van der Waals surface area contributed by atoms with Gasteiger partial charge in [0, 0.05) is 21.7 Å². The number of carbonyl (C=O) groups excluding carboxylic acids is 1. The molecule has 7 heteroatoms. The van der Waals surface area contributed by atoms with Gasteiger partial charge >= 0.3 is 6.03 Å². The van der Waals surface area contributed by atoms with Gasteiger partial charge in [-0.1, -0.05) is 45.2 Å². The van der Waals surface area contributed by atoms with Gasteiger partial charge in [-0.15, -0.1) is 0 Å². The third-order valence-corrected chi connectivity index (χ3v) is 4.47. The maximum Gasteiger partial charge on any atom is 0.319 e. The van der Waals surface area contributed by atoms with Crippen LogP contribution in [0.5, 0.6) is 5.75 Å². The second kappa shape index (κ2) is 9.16. The Morgan fingerprint density at radius 1 is 1.21 bits per heavy atom. The van der Waals surface area contributed by atoms with Gasteiger partial charge in [-0.3, -0.25) is 0 Å². The van der Waals surface area contributed by atoms with Crippen LogP contribution in [-0.4, -0.2) is 19.2 Å². The normalized spacial score (nSPS) is 10.3. The van der Waals surface area contributed by atoms with Gasteiger partial charge in [0.15, 0.2) is 0 Å². The summed E-state index contributed by atoms with van der Waals surface area (Å²) in [4.78, 5) is 11.9. The number of carbonyl (C=O) groups is 1. The lowest BCUT2D eigenvalue weighted by Gasteiger charge is -2.11. The molecule has 0 aliphatic rings. The summed E-state index contributed by atoms with van der Waals surface area (Å²) < 4.78 is 6.48. The van der Waals surface area contributed by atoms with Crippen molar-refractivity contribution in [3.63, 3.8) is 0 Å². The fourth-order valence-electron chi connectivity index (χ4n) is 1.96. The summed E-state index contributed by atoms with van der Waals surface area (Å²) in [7, 11) is 0. The van der Waals surface area contributed by atoms with E-state index in [0.29, 0.717) is 41.1 Å². The highest BCUT2D eigenvalue weighted by Crippen LogP contribution is 2.27. The number of benzene rings is 2. The van der Waals surface area contributed by atoms with Gasteiger partial charge in [-0.25, -0.2) is 4.79 Å². The van der Waals surface area contributed by atoms with Crippen molar-refractivity contribution in [2.45, 2.75) is 13.3 Å². The molecule has 0 unspecified atom stereocenters. The van der Waals surface area contributed by atoms with Crippen LogP contribution in [0.25, 0.3) is 0 Å². The Kier molecular flexibility index (Phi) is 7.21. The van der Waals surface area contributed by atoms with Crippen LogP contribution in [0.3, 0.4) is 0 Å². The highest BCUT2D eigenvalue weighted by molar-refractivity contribution is 9.10. The van der Waals surface area contributed by atoms with Crippen LogP contribution in [0.1, 0.15) is 12.0 Å². The van der Waals surface area contributed by atoms with Gasteiger partial charge < -0.3 is 15.4 Å². The van der Waals surface area contributed by atoms with Crippen LogP contribution in [-0.2, 0) is 0 Å². The number of halogens is 3. The predicted molar refractivity (Wildman–Crippen MR) is 102 cm³/mol. The second-order valence-corrected chi connectivity index (χ2v) is 6.80. The number of amides is 2. The summed E-state index contributed by atoms with van der Waals surface area (Å²) in [6.07, 6.45) is 0.661. The van der Waals surface area contributed by atoms with E-state index in [9.17, 15) is 4.79 Å². The second-order valence-electron chi connectivity index (χ2n) is 5.07. The van der Waals surface area contributed by atoms with Gasteiger partial charge in [0.1, 0.15) is 5.75 Å². The lowest BCUT2D eigenvalue weighted by atomic mass is 10.2. The fraction of sp³-hybridized carbons (Fsp3) is 0.235. The zero-order valence-corrected chi connectivity index (χ0v) is 16.1. The Bertz CT molecular complexity index is 726. The van der Waals surface area contributed by atoms with E-state index in [2.05, 4.69) is 26.6 Å². The maximum atomic E-state index is 11.9. The average molecular weight is 432 g/mol. The highest BCUT2D eigenvalue weighted by atomic mass is 79.9. The summed E-state index contributed by atoms with van der Waals surface area (Å²) in [5, 5.41) is 6.71. The van der Waals surface area contributed by atoms with Crippen LogP contribution in [0, 0.1) is 6.92 Å². The molecule has 2 N–H and O–H groups in total. The minimum atomic E-state index is -0.276. The topological polar surface area (TPSA) is 50.4 Å². The molecule has 128 valence electrons. The SMILES string of the molecule is Cc1c(Cl)cccc1NC(=O)NCCCOc1ccc(Br)cc1Cl. The minimum Gasteiger partial charge on any atom is -0.492 e. The quantitative estimate of drug-likeness (QED) is 0.580. The van der Waals surface area contributed by atoms with Crippen molar-refractivity contribution in [1.29, 1.82) is 0 Å². The van der Waals surface area contributed by atoms with Crippen LogP contribution < -0.4 is 15.4 Å². The van der Waals surface area contributed by atoms with Gasteiger partial charge in [-0.2, -0.15) is 0 Å². The molecule has 0 aromatic heterocycles. The molecule has 2 aromatic rings. The first-order valence-corrected chi connectivity index (χ1v) is 8.90. The van der Waals surface area contributed by atoms with E-state index in [1.165, 1.54) is 0 Å². The van der Waals surface area contributed by atoms with Gasteiger partial charge in [0.05, 0.1) is 11.6 Å². The van der Waals surface area contributed by atoms with Gasteiger partial charge in [-0.05, 0) is 49.2 Å². The number of anilines is 1. The third kappa shape index (κ3) is 5.58. The highest BCUT2D eigenvalue weighted by Gasteiger charge is 2.06. The molecule has 0 aliphatic heterocycles. The summed E-state index contributed by atoms with van der Waals surface area (Å²) in [6, 6.07) is 10.5. The molecule has 2 rings (SSSR count). The average Bonchev–Trinajstić information content (AvgIpc) is 2.53. The van der Waals surface area contributed by atoms with Gasteiger partial charge in [0.2, 0.25) is 0 Å². The Morgan fingerprint density at radius 3 is 2.75 bits per heavy atom. The lowest BCUT2D eigenvalue weighted by molar-refractivity contribution is 0.250. The first-order valence-electron chi connectivity index (χ1n) is 7.35. The van der Waals surface area contributed by atoms with E-state index >= 15 is 0 Å². The molecular formula is C17H17BrCl2N2O2. The molecular weight excluding hydrogens is 415 g/mol. The molecule has 0 aliphatic carbocycles. The summed E-state index contributed by atoms with van der Waals surface area (Å²) in [6.45, 7) is 2.80. The summed E-state index contributed by atoms with van der Waals surface area (Å²) in [5.41, 5.74) is 1.53. The predicted octanol–water partition coefficient (Wildman–Crippen LogP) is 5.65. The molecule has 0 heterocycles. The zero-order chi connectivity index (χ0) is 17.5. The minimum absolute atomic E-state index is 0.276. The standard InChI is InChI=1S/C17H17BrCl2N2O2/c1-11-13(19)4-2-5-15(11)22-17(23)21-8-3-9-24-16-7-6-12(18)10-14(16)20/h2,4-7,10H,3,8-9H2,1H3,(H2,21,22,23). The number of rotatable bonds is 6. The first-order chi connectivity index (χ1) is 11.5. The van der Waals surface area contributed by atoms with E-state index in [-0.39, 0.29) is 6.03 Å². The van der Waals surface area contributed by atoms with E-state index in [1.54, 1.807) is 30.3 Å². The smallest absolute Gasteiger partial charge is 0.319 e. The molecule has 0 bridgehead atoms. The Hall–Kier alpha value is -1.43. The number of nitrogens with one attached hydrogen (secondary N) is 2. The largest absolute Gasteiger partial charge is 0.492 e. The van der Waals surface area contributed by atoms with Crippen molar-refractivity contribution in [2.75, 3.05) is 18.5 Å². The van der Waals surface area contributed by atoms with Crippen molar-refractivity contribution in [3.05, 3.63) is 56.5 Å². The molecule has 4 nitrogen and oxygen atoms in total. The number of ether oxygens (including phenoxy) is 1. The molecule has 2 aromatic carbocycles. The molecule has 0 saturated carbocycles. The van der Waals surface area contributed by atoms with E-state index in [0.717, 1.165) is 10.0 Å². The monoisotopic (exact) mass is 430 g/mol. The maximum absolute atomic E-state index is 11.9. The van der Waals surface area contributed by atoms with E-state index in [1.807, 2.05) is 13.0 Å². The molecule has 0 spiro atoms. The molecule has 0 radical (unpaired) electrons. The number of hydrogen-bond donors (Lipinski definition) is 2. The molecule has 0 fully saturated rings. The molecule has 0 saturated heterocycles. The van der Waals surface area contributed by atoms with E-state index in [4.69, 9.17) is 27.9 Å². The molecule has 2 amide bonds. The van der Waals surface area contributed by atoms with Crippen molar-refractivity contribution in [1.82, 2.24) is 5.32 Å². The fourth-order valence-corrected chi connectivity index (χ4v) is 2.86. The number of hydrogen-bond acceptors (Lipinski definition) is 2. The molecule has 24 heavy (non-hydrogen) atoms. The lowest BCUT2D eigenvalue weighted by Crippen LogP contribution is -2.30. The van der Waals surface area contributed by atoms with Crippen molar-refractivity contribution in [2.24, 2.45) is 0 Å². The zero-order valence-electron chi connectivity index (χ0n) is 13.0. The first kappa shape index (κ1) is 18.9. The van der Waals surface area contributed by atoms with Crippen molar-refractivity contribution >= 4 is 50.9 Å². The summed E-state index contributed by atoms with van der Waals surface area (Å²) >= 11 is 15.4. The van der Waals surface area contributed by atoms with Crippen LogP contribution in [0.15, 0.2) is 40.9 Å². The van der Waals surface area contributed by atoms with E-state index < -0.39 is 0 Å². The number of urea groups is 1. The third-order valence-electron chi connectivity index (χ3n) is 3.27. The van der Waals surface area contributed by atoms with Gasteiger partial charge in [0.25, 0.3) is 0 Å². The Labute approximate surface area is 159 Å². The Balaban J connectivity index is 1.70. The Morgan fingerprint density at radius 2 is 2.00 bits per heavy atom. The summed E-state index contributed by atoms with van der Waals surface area (Å²) in [5.74, 6) is 0.624. The van der Waals surface area contributed by atoms with Crippen molar-refractivity contribution < 1.29 is 9.53 Å². The van der Waals surface area contributed by atoms with Crippen LogP contribution in [0.4, 0.5) is 10.5 Å². The van der Waals surface area contributed by atoms with Crippen LogP contribution in [0.2, 0.25) is 10.0 Å².